The number of nitrogens with zero attached hydrogens (tertiary/aromatic N) is 2. The van der Waals surface area contributed by atoms with Crippen LogP contribution in [0.2, 0.25) is 5.02 Å². The van der Waals surface area contributed by atoms with Gasteiger partial charge in [-0.3, -0.25) is 14.4 Å². The minimum atomic E-state index is -2.94. The van der Waals surface area contributed by atoms with Crippen molar-refractivity contribution in [1.82, 2.24) is 9.62 Å². The first kappa shape index (κ1) is 35.8. The van der Waals surface area contributed by atoms with Gasteiger partial charge in [-0.15, -0.1) is 0 Å². The van der Waals surface area contributed by atoms with Gasteiger partial charge in [0, 0.05) is 54.0 Å². The number of hydrogen-bond acceptors (Lipinski definition) is 7. The van der Waals surface area contributed by atoms with Crippen LogP contribution in [0.3, 0.4) is 0 Å². The van der Waals surface area contributed by atoms with E-state index < -0.39 is 15.3 Å². The summed E-state index contributed by atoms with van der Waals surface area (Å²) >= 11 is 6.49. The highest BCUT2D eigenvalue weighted by Crippen LogP contribution is 2.49. The number of carbonyl (C=O) groups excluding carboxylic acids is 1. The molecule has 5 aliphatic rings. The van der Waals surface area contributed by atoms with Crippen LogP contribution in [-0.4, -0.2) is 90.9 Å². The molecule has 10 heteroatoms. The van der Waals surface area contributed by atoms with Crippen molar-refractivity contribution >= 4 is 38.8 Å². The summed E-state index contributed by atoms with van der Waals surface area (Å²) in [6.45, 7) is 13.4. The van der Waals surface area contributed by atoms with Crippen molar-refractivity contribution in [3.05, 3.63) is 70.3 Å². The summed E-state index contributed by atoms with van der Waals surface area (Å²) in [7, 11) is -2.94. The normalized spacial score (nSPS) is 35.5. The number of halogens is 1. The number of nitrogens with one attached hydrogen (secondary N) is 1. The number of allylic oxidation sites excluding steroid dienone is 1. The van der Waals surface area contributed by atoms with E-state index in [-0.39, 0.29) is 22.5 Å². The second-order valence-corrected chi connectivity index (χ2v) is 18.5. The Hall–Kier alpha value is -2.56. The average molecular weight is 724 g/mol. The van der Waals surface area contributed by atoms with Crippen LogP contribution in [0.4, 0.5) is 5.69 Å². The molecule has 1 saturated carbocycles. The lowest BCUT2D eigenvalue weighted by atomic mass is 9.64. The summed E-state index contributed by atoms with van der Waals surface area (Å²) in [5.74, 6) is 5.22. The molecule has 3 heterocycles. The largest absolute Gasteiger partial charge is 0.490 e. The number of amides is 1. The predicted octanol–water partition coefficient (Wildman–Crippen LogP) is 6.29. The number of carbonyl (C=O) groups is 1. The van der Waals surface area contributed by atoms with Gasteiger partial charge in [-0.05, 0) is 117 Å². The Morgan fingerprint density at radius 3 is 2.74 bits per heavy atom. The third-order valence-corrected chi connectivity index (χ3v) is 14.9. The summed E-state index contributed by atoms with van der Waals surface area (Å²) in [5, 5.41) is 0.442. The quantitative estimate of drug-likeness (QED) is 0.294. The van der Waals surface area contributed by atoms with Crippen molar-refractivity contribution in [3.8, 4) is 5.75 Å². The third kappa shape index (κ3) is 7.23. The van der Waals surface area contributed by atoms with E-state index in [4.69, 9.17) is 25.8 Å². The van der Waals surface area contributed by atoms with Crippen LogP contribution in [0.15, 0.2) is 48.6 Å². The van der Waals surface area contributed by atoms with E-state index in [1.54, 1.807) is 6.07 Å². The lowest BCUT2D eigenvalue weighted by molar-refractivity contribution is -0.0937. The highest BCUT2D eigenvalue weighted by Gasteiger charge is 2.47. The van der Waals surface area contributed by atoms with E-state index in [9.17, 15) is 9.00 Å². The van der Waals surface area contributed by atoms with Gasteiger partial charge in [0.2, 0.25) is 0 Å². The molecule has 7 atom stereocenters. The van der Waals surface area contributed by atoms with Gasteiger partial charge in [-0.2, -0.15) is 0 Å². The fourth-order valence-corrected chi connectivity index (χ4v) is 10.6. The molecular formula is C40H54ClN3O5S. The molecule has 0 radical (unpaired) electrons. The molecule has 1 amide bonds. The summed E-state index contributed by atoms with van der Waals surface area (Å²) in [4.78, 5) is 18.6. The van der Waals surface area contributed by atoms with E-state index in [2.05, 4.69) is 58.5 Å². The van der Waals surface area contributed by atoms with Crippen molar-refractivity contribution in [2.45, 2.75) is 75.6 Å². The SMILES string of the molecule is C=S1(=O)NC(=O)c2ccc3c(c2)N(C[C@@H]2CC[C@H]2[C@@](C)(OCCN2CCOCC2)/C=C/C[C@H](C)[C@H]1C)C[C@@]1(CCCc2cc(Cl)ccc21)CO3. The van der Waals surface area contributed by atoms with Crippen LogP contribution in [-0.2, 0) is 31.0 Å². The molecule has 7 rings (SSSR count). The first-order valence-electron chi connectivity index (χ1n) is 18.6. The van der Waals surface area contributed by atoms with Gasteiger partial charge >= 0.3 is 0 Å². The number of fused-ring (bicyclic) bond motifs is 4. The summed E-state index contributed by atoms with van der Waals surface area (Å²) in [6.07, 6.45) is 10.5. The number of anilines is 1. The zero-order valence-corrected chi connectivity index (χ0v) is 31.5. The van der Waals surface area contributed by atoms with Gasteiger partial charge in [0.25, 0.3) is 5.91 Å². The van der Waals surface area contributed by atoms with E-state index >= 15 is 0 Å². The Kier molecular flexibility index (Phi) is 10.4. The molecule has 3 aliphatic heterocycles. The molecule has 2 fully saturated rings. The number of morpholine rings is 1. The monoisotopic (exact) mass is 723 g/mol. The third-order valence-electron chi connectivity index (χ3n) is 12.5. The van der Waals surface area contributed by atoms with Crippen LogP contribution < -0.4 is 14.4 Å². The number of aryl methyl sites for hydroxylation is 1. The van der Waals surface area contributed by atoms with Gasteiger partial charge in [0.05, 0.1) is 47.4 Å². The molecule has 272 valence electrons. The van der Waals surface area contributed by atoms with Crippen LogP contribution in [0.1, 0.15) is 74.4 Å². The molecule has 0 aromatic heterocycles. The standard InChI is InChI=1S/C40H54ClN3O5S/c1-28-7-5-15-39(3,49-22-19-43-17-20-47-21-18-43)34-12-9-32(34)25-44-26-40(16-6-8-30-23-33(41)11-13-35(30)40)27-48-37-14-10-31(24-36(37)44)38(45)42-50(4,46)29(28)2/h5,10-11,13-15,23-24,28-29,32,34H,4,6-9,12,16-22,25-27H2,1-3H3,(H,42,45,46)/b15-5+/t28-,29+,32-,34+,39-,40-,50?/m0/s1. The predicted molar refractivity (Wildman–Crippen MR) is 203 cm³/mol. The molecule has 1 saturated heterocycles. The van der Waals surface area contributed by atoms with Crippen molar-refractivity contribution in [1.29, 1.82) is 0 Å². The van der Waals surface area contributed by atoms with E-state index in [1.807, 2.05) is 25.1 Å². The van der Waals surface area contributed by atoms with Crippen molar-refractivity contribution in [2.75, 3.05) is 64.1 Å². The highest BCUT2D eigenvalue weighted by atomic mass is 35.5. The highest BCUT2D eigenvalue weighted by molar-refractivity contribution is 7.99. The van der Waals surface area contributed by atoms with Crippen molar-refractivity contribution in [3.63, 3.8) is 0 Å². The second kappa shape index (κ2) is 14.5. The number of ether oxygens (including phenoxy) is 3. The lowest BCUT2D eigenvalue weighted by Crippen LogP contribution is -2.52. The van der Waals surface area contributed by atoms with Crippen LogP contribution >= 0.6 is 11.6 Å². The van der Waals surface area contributed by atoms with E-state index in [0.29, 0.717) is 30.6 Å². The maximum Gasteiger partial charge on any atom is 0.262 e. The fraction of sp³-hybridized carbons (Fsp3) is 0.600. The molecule has 2 aliphatic carbocycles. The van der Waals surface area contributed by atoms with Crippen molar-refractivity contribution < 1.29 is 23.2 Å². The Balaban J connectivity index is 1.26. The minimum Gasteiger partial charge on any atom is -0.490 e. The topological polar surface area (TPSA) is 80.3 Å². The summed E-state index contributed by atoms with van der Waals surface area (Å²) in [6, 6.07) is 12.0. The first-order chi connectivity index (χ1) is 24.0. The minimum absolute atomic E-state index is 0.0413. The summed E-state index contributed by atoms with van der Waals surface area (Å²) in [5.41, 5.74) is 3.33. The van der Waals surface area contributed by atoms with Gasteiger partial charge in [0.15, 0.2) is 0 Å². The molecule has 2 aromatic carbocycles. The van der Waals surface area contributed by atoms with Crippen molar-refractivity contribution in [2.24, 2.45) is 17.8 Å². The fourth-order valence-electron chi connectivity index (χ4n) is 8.97. The molecule has 50 heavy (non-hydrogen) atoms. The molecular weight excluding hydrogens is 670 g/mol. The number of hydrogen-bond donors (Lipinski definition) is 1. The van der Waals surface area contributed by atoms with Gasteiger partial charge < -0.3 is 19.1 Å². The average Bonchev–Trinajstić information content (AvgIpc) is 3.22. The Morgan fingerprint density at radius 2 is 1.96 bits per heavy atom. The van der Waals surface area contributed by atoms with E-state index in [1.165, 1.54) is 11.1 Å². The Morgan fingerprint density at radius 1 is 1.14 bits per heavy atom. The molecule has 2 bridgehead atoms. The van der Waals surface area contributed by atoms with Crippen LogP contribution in [0.5, 0.6) is 5.75 Å². The van der Waals surface area contributed by atoms with Crippen LogP contribution in [0.25, 0.3) is 0 Å². The first-order valence-corrected chi connectivity index (χ1v) is 20.7. The lowest BCUT2D eigenvalue weighted by Gasteiger charge is -2.50. The zero-order valence-electron chi connectivity index (χ0n) is 30.0. The van der Waals surface area contributed by atoms with Gasteiger partial charge in [-0.25, -0.2) is 4.21 Å². The Labute approximate surface area is 304 Å². The molecule has 8 nitrogen and oxygen atoms in total. The maximum atomic E-state index is 13.9. The van der Waals surface area contributed by atoms with Gasteiger partial charge in [0.1, 0.15) is 5.75 Å². The summed E-state index contributed by atoms with van der Waals surface area (Å²) < 4.78 is 36.0. The zero-order chi connectivity index (χ0) is 35.1. The van der Waals surface area contributed by atoms with E-state index in [0.717, 1.165) is 101 Å². The molecule has 1 spiro atoms. The smallest absolute Gasteiger partial charge is 0.262 e. The molecule has 2 aromatic rings. The number of benzene rings is 2. The molecule has 1 unspecified atom stereocenters. The maximum absolute atomic E-state index is 13.9. The Bertz CT molecular complexity index is 1710. The number of rotatable bonds is 4. The second-order valence-electron chi connectivity index (χ2n) is 15.7. The molecule has 1 N–H and O–H groups in total. The van der Waals surface area contributed by atoms with Crippen LogP contribution in [0, 0.1) is 17.8 Å². The van der Waals surface area contributed by atoms with Gasteiger partial charge in [-0.1, -0.05) is 36.7 Å².